The van der Waals surface area contributed by atoms with Crippen molar-refractivity contribution in [2.24, 2.45) is 4.99 Å². The summed E-state index contributed by atoms with van der Waals surface area (Å²) < 4.78 is 5.44. The maximum atomic E-state index is 12.8. The highest BCUT2D eigenvalue weighted by Gasteiger charge is 2.21. The van der Waals surface area contributed by atoms with Gasteiger partial charge in [0.2, 0.25) is 0 Å². The van der Waals surface area contributed by atoms with E-state index in [1.165, 1.54) is 11.1 Å². The van der Waals surface area contributed by atoms with E-state index in [0.717, 1.165) is 72.6 Å². The average molecular weight is 544 g/mol. The topological polar surface area (TPSA) is 103 Å². The first-order valence-corrected chi connectivity index (χ1v) is 14.0. The molecule has 4 rings (SSSR count). The molecule has 40 heavy (non-hydrogen) atoms. The first-order chi connectivity index (χ1) is 19.3. The molecule has 1 saturated heterocycles. The zero-order valence-corrected chi connectivity index (χ0v) is 24.3. The Balaban J connectivity index is 1.62. The molecule has 2 aromatic heterocycles. The second-order valence-corrected chi connectivity index (χ2v) is 10.5. The summed E-state index contributed by atoms with van der Waals surface area (Å²) in [6, 6.07) is 10.2. The quantitative estimate of drug-likeness (QED) is 0.217. The number of fused-ring (bicyclic) bond motifs is 1. The van der Waals surface area contributed by atoms with Crippen LogP contribution in [0.3, 0.4) is 0 Å². The number of methoxy groups -OCH3 is 1. The van der Waals surface area contributed by atoms with Crippen LogP contribution in [-0.4, -0.2) is 59.5 Å². The second kappa shape index (κ2) is 13.5. The van der Waals surface area contributed by atoms with Crippen LogP contribution in [-0.2, 0) is 4.74 Å². The summed E-state index contributed by atoms with van der Waals surface area (Å²) >= 11 is 0. The van der Waals surface area contributed by atoms with Gasteiger partial charge >= 0.3 is 0 Å². The van der Waals surface area contributed by atoms with Gasteiger partial charge in [-0.2, -0.15) is 0 Å². The van der Waals surface area contributed by atoms with Crippen molar-refractivity contribution < 1.29 is 9.84 Å². The molecule has 0 unspecified atom stereocenters. The van der Waals surface area contributed by atoms with E-state index in [9.17, 15) is 9.90 Å². The van der Waals surface area contributed by atoms with Crippen LogP contribution in [0.4, 0.5) is 11.5 Å². The van der Waals surface area contributed by atoms with E-state index in [1.54, 1.807) is 25.7 Å². The molecule has 8 heteroatoms. The number of aliphatic hydroxyl groups excluding tert-OH is 1. The number of ether oxygens (including phenoxy) is 1. The number of piperidine rings is 1. The summed E-state index contributed by atoms with van der Waals surface area (Å²) in [5, 5.41) is 14.0. The van der Waals surface area contributed by atoms with Crippen molar-refractivity contribution in [2.75, 3.05) is 38.7 Å². The smallest absolute Gasteiger partial charge is 0.259 e. The van der Waals surface area contributed by atoms with Crippen LogP contribution < -0.4 is 10.9 Å². The first kappa shape index (κ1) is 29.2. The van der Waals surface area contributed by atoms with Gasteiger partial charge in [0.25, 0.3) is 5.56 Å². The Morgan fingerprint density at radius 2 is 2.02 bits per heavy atom. The second-order valence-electron chi connectivity index (χ2n) is 10.5. The number of aliphatic hydroxyl groups is 1. The third kappa shape index (κ3) is 6.87. The lowest BCUT2D eigenvalue weighted by Crippen LogP contribution is -2.35. The highest BCUT2D eigenvalue weighted by atomic mass is 16.5. The van der Waals surface area contributed by atoms with Crippen LogP contribution in [0, 0.1) is 6.92 Å². The van der Waals surface area contributed by atoms with Gasteiger partial charge in [0.05, 0.1) is 31.0 Å². The lowest BCUT2D eigenvalue weighted by atomic mass is 9.86. The normalized spacial score (nSPS) is 16.0. The van der Waals surface area contributed by atoms with Crippen LogP contribution in [0.25, 0.3) is 16.3 Å². The minimum atomic E-state index is -0.188. The number of nitrogens with one attached hydrogen (secondary N) is 2. The van der Waals surface area contributed by atoms with Gasteiger partial charge in [-0.15, -0.1) is 0 Å². The maximum absolute atomic E-state index is 12.8. The van der Waals surface area contributed by atoms with E-state index < -0.39 is 0 Å². The Morgan fingerprint density at radius 3 is 2.70 bits per heavy atom. The van der Waals surface area contributed by atoms with Crippen molar-refractivity contribution in [2.45, 2.75) is 52.9 Å². The molecule has 1 aliphatic rings. The van der Waals surface area contributed by atoms with Crippen LogP contribution in [0.15, 0.2) is 63.8 Å². The van der Waals surface area contributed by atoms with Crippen LogP contribution in [0.1, 0.15) is 62.8 Å². The van der Waals surface area contributed by atoms with Crippen LogP contribution in [0.5, 0.6) is 0 Å². The Kier molecular flexibility index (Phi) is 9.90. The van der Waals surface area contributed by atoms with Gasteiger partial charge in [0.15, 0.2) is 0 Å². The van der Waals surface area contributed by atoms with Crippen molar-refractivity contribution in [1.82, 2.24) is 14.9 Å². The summed E-state index contributed by atoms with van der Waals surface area (Å²) in [4.78, 5) is 27.3. The SMILES string of the molecule is CCC(C)=C(C=N/C=C(\C)c1cc2cc[nH]c(=O)c2c(Nc2ccc(C3CCN(CCO)CC3)c(C)c2)n1)OC. The summed E-state index contributed by atoms with van der Waals surface area (Å²) in [5.41, 5.74) is 6.00. The van der Waals surface area contributed by atoms with Crippen molar-refractivity contribution in [1.29, 1.82) is 0 Å². The molecule has 0 aliphatic carbocycles. The molecular formula is C32H41N5O3. The number of aromatic amines is 1. The number of hydrogen-bond acceptors (Lipinski definition) is 7. The fourth-order valence-electron chi connectivity index (χ4n) is 5.26. The summed E-state index contributed by atoms with van der Waals surface area (Å²) in [6.45, 7) is 11.2. The molecule has 1 aliphatic heterocycles. The van der Waals surface area contributed by atoms with E-state index in [1.807, 2.05) is 26.0 Å². The number of rotatable bonds is 10. The first-order valence-electron chi connectivity index (χ1n) is 14.0. The van der Waals surface area contributed by atoms with Crippen molar-refractivity contribution in [3.8, 4) is 0 Å². The standard InChI is InChI=1S/C32H41N5O3/c1-6-21(2)29(40-5)20-33-19-23(4)28-18-25-9-12-34-32(39)30(25)31(36-28)35-26-7-8-27(22(3)17-26)24-10-13-37(14-11-24)15-16-38/h7-9,12,17-20,24,38H,6,10-11,13-16H2,1-5H3,(H,34,39)(H,35,36)/b23-19+,29-21?,33-20?. The third-order valence-corrected chi connectivity index (χ3v) is 7.77. The van der Waals surface area contributed by atoms with Gasteiger partial charge in [0.1, 0.15) is 11.6 Å². The Morgan fingerprint density at radius 1 is 1.25 bits per heavy atom. The number of hydrogen-bond donors (Lipinski definition) is 3. The van der Waals surface area contributed by atoms with Gasteiger partial charge < -0.3 is 25.0 Å². The minimum absolute atomic E-state index is 0.188. The molecule has 1 fully saturated rings. The molecule has 212 valence electrons. The molecule has 0 radical (unpaired) electrons. The molecule has 3 aromatic rings. The van der Waals surface area contributed by atoms with Gasteiger partial charge in [-0.05, 0) is 111 Å². The van der Waals surface area contributed by atoms with E-state index >= 15 is 0 Å². The van der Waals surface area contributed by atoms with E-state index in [0.29, 0.717) is 17.1 Å². The largest absolute Gasteiger partial charge is 0.495 e. The predicted molar refractivity (Wildman–Crippen MR) is 164 cm³/mol. The Bertz CT molecular complexity index is 1480. The molecule has 0 spiro atoms. The van der Waals surface area contributed by atoms with Crippen LogP contribution in [0.2, 0.25) is 0 Å². The number of nitrogens with zero attached hydrogens (tertiary/aromatic N) is 3. The molecule has 3 heterocycles. The van der Waals surface area contributed by atoms with Crippen LogP contribution >= 0.6 is 0 Å². The third-order valence-electron chi connectivity index (χ3n) is 7.77. The Hall–Kier alpha value is -3.75. The number of allylic oxidation sites excluding steroid dienone is 3. The lowest BCUT2D eigenvalue weighted by Gasteiger charge is -2.32. The number of pyridine rings is 2. The zero-order valence-electron chi connectivity index (χ0n) is 24.3. The number of anilines is 2. The number of H-pyrrole nitrogens is 1. The van der Waals surface area contributed by atoms with Crippen molar-refractivity contribution >= 4 is 34.1 Å². The number of aryl methyl sites for hydroxylation is 1. The highest BCUT2D eigenvalue weighted by molar-refractivity contribution is 5.94. The van der Waals surface area contributed by atoms with Gasteiger partial charge in [-0.3, -0.25) is 9.79 Å². The van der Waals surface area contributed by atoms with Gasteiger partial charge in [-0.1, -0.05) is 13.0 Å². The summed E-state index contributed by atoms with van der Waals surface area (Å²) in [5.74, 6) is 1.77. The number of β-amino-alcohol motifs (C(OH)–C–C–N with tert-alkyl or cyclic N) is 1. The fourth-order valence-corrected chi connectivity index (χ4v) is 5.26. The molecule has 1 aromatic carbocycles. The Labute approximate surface area is 236 Å². The lowest BCUT2D eigenvalue weighted by molar-refractivity contribution is 0.164. The molecule has 8 nitrogen and oxygen atoms in total. The van der Waals surface area contributed by atoms with Crippen molar-refractivity contribution in [3.63, 3.8) is 0 Å². The number of aliphatic imine (C=N–C) groups is 1. The molecule has 0 amide bonds. The fraction of sp³-hybridized carbons (Fsp3) is 0.406. The zero-order chi connectivity index (χ0) is 28.6. The number of benzene rings is 1. The predicted octanol–water partition coefficient (Wildman–Crippen LogP) is 5.91. The van der Waals surface area contributed by atoms with E-state index in [2.05, 4.69) is 52.2 Å². The number of likely N-dealkylation sites (tertiary alicyclic amines) is 1. The maximum Gasteiger partial charge on any atom is 0.259 e. The number of aromatic nitrogens is 2. The summed E-state index contributed by atoms with van der Waals surface area (Å²) in [6.07, 6.45) is 8.20. The van der Waals surface area contributed by atoms with E-state index in [-0.39, 0.29) is 12.2 Å². The minimum Gasteiger partial charge on any atom is -0.495 e. The highest BCUT2D eigenvalue weighted by Crippen LogP contribution is 2.33. The molecule has 0 atom stereocenters. The average Bonchev–Trinajstić information content (AvgIpc) is 2.95. The van der Waals surface area contributed by atoms with Gasteiger partial charge in [0, 0.05) is 24.6 Å². The summed E-state index contributed by atoms with van der Waals surface area (Å²) in [7, 11) is 1.65. The van der Waals surface area contributed by atoms with Crippen molar-refractivity contribution in [3.05, 3.63) is 81.2 Å². The molecule has 0 bridgehead atoms. The monoisotopic (exact) mass is 543 g/mol. The van der Waals surface area contributed by atoms with Gasteiger partial charge in [-0.25, -0.2) is 4.98 Å². The molecule has 0 saturated carbocycles. The molecular weight excluding hydrogens is 502 g/mol. The molecule has 3 N–H and O–H groups in total. The van der Waals surface area contributed by atoms with E-state index in [4.69, 9.17) is 9.72 Å².